The predicted octanol–water partition coefficient (Wildman–Crippen LogP) is 3.44. The van der Waals surface area contributed by atoms with Crippen molar-refractivity contribution < 1.29 is 4.79 Å². The minimum Gasteiger partial charge on any atom is -0.354 e. The molecule has 1 N–H and O–H groups in total. The first kappa shape index (κ1) is 13.4. The summed E-state index contributed by atoms with van der Waals surface area (Å²) in [7, 11) is 0. The summed E-state index contributed by atoms with van der Waals surface area (Å²) < 4.78 is 2.01. The van der Waals surface area contributed by atoms with Gasteiger partial charge in [-0.25, -0.2) is 0 Å². The monoisotopic (exact) mass is 256 g/mol. The van der Waals surface area contributed by atoms with Crippen molar-refractivity contribution >= 4 is 11.6 Å². The molecule has 3 heteroatoms. The van der Waals surface area contributed by atoms with E-state index in [-0.39, 0.29) is 5.91 Å². The fourth-order valence-electron chi connectivity index (χ4n) is 2.33. The van der Waals surface area contributed by atoms with Gasteiger partial charge in [-0.3, -0.25) is 4.79 Å². The van der Waals surface area contributed by atoms with E-state index in [1.54, 1.807) is 0 Å². The lowest BCUT2D eigenvalue weighted by molar-refractivity contribution is -0.116. The van der Waals surface area contributed by atoms with Crippen LogP contribution in [0, 0.1) is 20.8 Å². The number of aryl methyl sites for hydroxylation is 4. The summed E-state index contributed by atoms with van der Waals surface area (Å²) in [6.07, 6.45) is 4.42. The van der Waals surface area contributed by atoms with Crippen molar-refractivity contribution in [2.24, 2.45) is 0 Å². The van der Waals surface area contributed by atoms with E-state index in [2.05, 4.69) is 24.4 Å². The van der Waals surface area contributed by atoms with E-state index < -0.39 is 0 Å². The molecule has 0 bridgehead atoms. The Bertz CT molecular complexity index is 547. The van der Waals surface area contributed by atoms with Gasteiger partial charge in [0.2, 0.25) is 5.91 Å². The number of aromatic nitrogens is 1. The lowest BCUT2D eigenvalue weighted by atomic mass is 10.1. The lowest BCUT2D eigenvalue weighted by Crippen LogP contribution is -2.15. The van der Waals surface area contributed by atoms with E-state index in [1.807, 2.05) is 42.9 Å². The molecule has 0 saturated heterocycles. The Kier molecular flexibility index (Phi) is 4.05. The zero-order valence-corrected chi connectivity index (χ0v) is 11.7. The molecular weight excluding hydrogens is 236 g/mol. The summed E-state index contributed by atoms with van der Waals surface area (Å²) in [5.41, 5.74) is 4.40. The Morgan fingerprint density at radius 2 is 1.68 bits per heavy atom. The molecule has 0 fully saturated rings. The van der Waals surface area contributed by atoms with Crippen LogP contribution in [-0.2, 0) is 11.3 Å². The normalized spacial score (nSPS) is 10.5. The van der Waals surface area contributed by atoms with Crippen LogP contribution in [0.5, 0.6) is 0 Å². The van der Waals surface area contributed by atoms with Gasteiger partial charge in [0.15, 0.2) is 0 Å². The fraction of sp³-hybridized carbons (Fsp3) is 0.312. The number of carbonyl (C=O) groups is 1. The largest absolute Gasteiger partial charge is 0.354 e. The topological polar surface area (TPSA) is 34.0 Å². The maximum Gasteiger partial charge on any atom is 0.226 e. The number of carbonyl (C=O) groups excluding carboxylic acids is 1. The van der Waals surface area contributed by atoms with Crippen LogP contribution in [0.2, 0.25) is 0 Å². The molecule has 2 rings (SSSR count). The first-order valence-electron chi connectivity index (χ1n) is 6.55. The van der Waals surface area contributed by atoms with Crippen LogP contribution in [0.1, 0.15) is 23.1 Å². The van der Waals surface area contributed by atoms with Crippen molar-refractivity contribution in [1.29, 1.82) is 0 Å². The van der Waals surface area contributed by atoms with E-state index in [0.717, 1.165) is 16.8 Å². The van der Waals surface area contributed by atoms with E-state index >= 15 is 0 Å². The summed E-state index contributed by atoms with van der Waals surface area (Å²) in [6, 6.07) is 8.11. The highest BCUT2D eigenvalue weighted by molar-refractivity contribution is 5.92. The highest BCUT2D eigenvalue weighted by atomic mass is 16.1. The Morgan fingerprint density at radius 1 is 1.11 bits per heavy atom. The van der Waals surface area contributed by atoms with Gasteiger partial charge >= 0.3 is 0 Å². The second-order valence-electron chi connectivity index (χ2n) is 4.99. The number of nitrogens with zero attached hydrogens (tertiary/aromatic N) is 1. The van der Waals surface area contributed by atoms with Crippen molar-refractivity contribution in [3.8, 4) is 0 Å². The molecule has 2 aromatic rings. The van der Waals surface area contributed by atoms with Crippen molar-refractivity contribution in [2.75, 3.05) is 5.32 Å². The Morgan fingerprint density at radius 3 is 2.26 bits per heavy atom. The van der Waals surface area contributed by atoms with Crippen LogP contribution < -0.4 is 5.32 Å². The van der Waals surface area contributed by atoms with E-state index in [1.165, 1.54) is 5.56 Å². The number of rotatable bonds is 4. The van der Waals surface area contributed by atoms with Crippen LogP contribution in [0.3, 0.4) is 0 Å². The van der Waals surface area contributed by atoms with Gasteiger partial charge < -0.3 is 9.88 Å². The van der Waals surface area contributed by atoms with E-state index in [9.17, 15) is 4.79 Å². The molecule has 0 atom stereocenters. The van der Waals surface area contributed by atoms with Crippen LogP contribution >= 0.6 is 0 Å². The van der Waals surface area contributed by atoms with Crippen LogP contribution in [-0.4, -0.2) is 10.5 Å². The number of hydrogen-bond acceptors (Lipinski definition) is 1. The van der Waals surface area contributed by atoms with Crippen LogP contribution in [0.15, 0.2) is 36.7 Å². The predicted molar refractivity (Wildman–Crippen MR) is 78.3 cm³/mol. The van der Waals surface area contributed by atoms with Crippen molar-refractivity contribution in [1.82, 2.24) is 4.57 Å². The molecule has 0 aliphatic heterocycles. The number of anilines is 1. The molecule has 3 nitrogen and oxygen atoms in total. The second kappa shape index (κ2) is 5.74. The van der Waals surface area contributed by atoms with Crippen molar-refractivity contribution in [2.45, 2.75) is 33.7 Å². The zero-order chi connectivity index (χ0) is 13.8. The third-order valence-corrected chi connectivity index (χ3v) is 3.20. The summed E-state index contributed by atoms with van der Waals surface area (Å²) in [5.74, 6) is 0.0590. The highest BCUT2D eigenvalue weighted by Gasteiger charge is 2.08. The standard InChI is InChI=1S/C16H20N2O/c1-12-10-13(2)16(14(3)11-12)17-15(19)6-9-18-7-4-5-8-18/h4-5,7-8,10-11H,6,9H2,1-3H3,(H,17,19). The molecular formula is C16H20N2O. The highest BCUT2D eigenvalue weighted by Crippen LogP contribution is 2.22. The first-order valence-corrected chi connectivity index (χ1v) is 6.55. The lowest BCUT2D eigenvalue weighted by Gasteiger charge is -2.13. The number of amides is 1. The Hall–Kier alpha value is -2.03. The zero-order valence-electron chi connectivity index (χ0n) is 11.7. The molecule has 1 aromatic heterocycles. The van der Waals surface area contributed by atoms with Gasteiger partial charge in [0.1, 0.15) is 0 Å². The van der Waals surface area contributed by atoms with Crippen LogP contribution in [0.25, 0.3) is 0 Å². The smallest absolute Gasteiger partial charge is 0.226 e. The molecule has 100 valence electrons. The molecule has 0 unspecified atom stereocenters. The van der Waals surface area contributed by atoms with Gasteiger partial charge in [-0.05, 0) is 44.0 Å². The second-order valence-corrected chi connectivity index (χ2v) is 4.99. The minimum absolute atomic E-state index is 0.0590. The molecule has 1 aromatic carbocycles. The molecule has 0 aliphatic carbocycles. The molecule has 1 heterocycles. The summed E-state index contributed by atoms with van der Waals surface area (Å²) in [6.45, 7) is 6.84. The number of benzene rings is 1. The summed E-state index contributed by atoms with van der Waals surface area (Å²) in [4.78, 5) is 12.0. The van der Waals surface area contributed by atoms with Crippen molar-refractivity contribution in [3.63, 3.8) is 0 Å². The van der Waals surface area contributed by atoms with Gasteiger partial charge in [-0.15, -0.1) is 0 Å². The van der Waals surface area contributed by atoms with Gasteiger partial charge in [0.25, 0.3) is 0 Å². The number of hydrogen-bond donors (Lipinski definition) is 1. The van der Waals surface area contributed by atoms with E-state index in [4.69, 9.17) is 0 Å². The molecule has 19 heavy (non-hydrogen) atoms. The van der Waals surface area contributed by atoms with Gasteiger partial charge in [0.05, 0.1) is 0 Å². The third-order valence-electron chi connectivity index (χ3n) is 3.20. The maximum atomic E-state index is 12.0. The SMILES string of the molecule is Cc1cc(C)c(NC(=O)CCn2cccc2)c(C)c1. The quantitative estimate of drug-likeness (QED) is 0.893. The molecule has 0 aliphatic rings. The average Bonchev–Trinajstić information content (AvgIpc) is 2.84. The Labute approximate surface area is 114 Å². The molecule has 0 spiro atoms. The van der Waals surface area contributed by atoms with Gasteiger partial charge in [-0.1, -0.05) is 17.7 Å². The summed E-state index contributed by atoms with van der Waals surface area (Å²) in [5, 5.41) is 3.02. The Balaban J connectivity index is 1.99. The molecule has 1 amide bonds. The maximum absolute atomic E-state index is 12.0. The average molecular weight is 256 g/mol. The summed E-state index contributed by atoms with van der Waals surface area (Å²) >= 11 is 0. The van der Waals surface area contributed by atoms with Crippen LogP contribution in [0.4, 0.5) is 5.69 Å². The van der Waals surface area contributed by atoms with Crippen molar-refractivity contribution in [3.05, 3.63) is 53.3 Å². The molecule has 0 saturated carbocycles. The fourth-order valence-corrected chi connectivity index (χ4v) is 2.33. The first-order chi connectivity index (χ1) is 9.06. The third kappa shape index (κ3) is 3.47. The molecule has 0 radical (unpaired) electrons. The number of nitrogens with one attached hydrogen (secondary N) is 1. The van der Waals surface area contributed by atoms with Gasteiger partial charge in [0, 0.05) is 31.0 Å². The van der Waals surface area contributed by atoms with Gasteiger partial charge in [-0.2, -0.15) is 0 Å². The minimum atomic E-state index is 0.0590. The van der Waals surface area contributed by atoms with E-state index in [0.29, 0.717) is 13.0 Å².